The summed E-state index contributed by atoms with van der Waals surface area (Å²) in [4.78, 5) is 24.0. The number of benzene rings is 2. The maximum Gasteiger partial charge on any atom is 0.306 e. The molecule has 0 bridgehead atoms. The van der Waals surface area contributed by atoms with Crippen molar-refractivity contribution in [1.29, 1.82) is 0 Å². The Kier molecular flexibility index (Phi) is 5.30. The van der Waals surface area contributed by atoms with Crippen LogP contribution in [0.4, 0.5) is 0 Å². The van der Waals surface area contributed by atoms with Crippen LogP contribution in [-0.4, -0.2) is 23.0 Å². The predicted molar refractivity (Wildman–Crippen MR) is 95.7 cm³/mol. The third-order valence-corrected chi connectivity index (χ3v) is 5.17. The zero-order chi connectivity index (χ0) is 18.0. The van der Waals surface area contributed by atoms with Gasteiger partial charge in [0.15, 0.2) is 5.78 Å². The fourth-order valence-electron chi connectivity index (χ4n) is 3.03. The van der Waals surface area contributed by atoms with E-state index in [-0.39, 0.29) is 16.9 Å². The van der Waals surface area contributed by atoms with Gasteiger partial charge in [0.05, 0.1) is 27.6 Å². The smallest absolute Gasteiger partial charge is 0.306 e. The summed E-state index contributed by atoms with van der Waals surface area (Å²) in [5, 5.41) is 9.62. The highest BCUT2D eigenvalue weighted by Crippen LogP contribution is 2.33. The van der Waals surface area contributed by atoms with Gasteiger partial charge in [0.25, 0.3) is 0 Å². The molecule has 0 spiro atoms. The lowest BCUT2D eigenvalue weighted by Crippen LogP contribution is -2.17. The maximum atomic E-state index is 12.9. The summed E-state index contributed by atoms with van der Waals surface area (Å²) in [5.74, 6) is -1.05. The monoisotopic (exact) mass is 378 g/mol. The van der Waals surface area contributed by atoms with Crippen molar-refractivity contribution in [2.75, 3.05) is 0 Å². The third-order valence-electron chi connectivity index (χ3n) is 4.36. The Morgan fingerprint density at radius 1 is 1.00 bits per heavy atom. The fourth-order valence-corrected chi connectivity index (χ4v) is 3.42. The number of ketones is 1. The lowest BCUT2D eigenvalue weighted by Gasteiger charge is -2.16. The van der Waals surface area contributed by atoms with Crippen LogP contribution in [0.15, 0.2) is 42.5 Å². The number of carbonyl (C=O) groups is 2. The minimum atomic E-state index is -0.804. The van der Waals surface area contributed by atoms with Crippen molar-refractivity contribution < 1.29 is 19.4 Å². The minimum Gasteiger partial charge on any atom is -0.490 e. The molecule has 1 aliphatic carbocycles. The Morgan fingerprint density at radius 3 is 2.44 bits per heavy atom. The summed E-state index contributed by atoms with van der Waals surface area (Å²) in [7, 11) is 0. The minimum absolute atomic E-state index is 0.204. The number of rotatable bonds is 5. The van der Waals surface area contributed by atoms with E-state index in [1.807, 2.05) is 0 Å². The molecule has 0 unspecified atom stereocenters. The fraction of sp³-hybridized carbons (Fsp3) is 0.263. The van der Waals surface area contributed by atoms with Crippen molar-refractivity contribution in [2.45, 2.75) is 25.4 Å². The van der Waals surface area contributed by atoms with Crippen LogP contribution in [0.1, 0.15) is 35.2 Å². The Balaban J connectivity index is 1.85. The molecule has 1 fully saturated rings. The van der Waals surface area contributed by atoms with Gasteiger partial charge < -0.3 is 9.84 Å². The van der Waals surface area contributed by atoms with E-state index in [0.717, 1.165) is 0 Å². The van der Waals surface area contributed by atoms with Crippen LogP contribution in [0.3, 0.4) is 0 Å². The summed E-state index contributed by atoms with van der Waals surface area (Å²) in [6.45, 7) is 0. The number of carboxylic acids is 1. The molecule has 2 aromatic carbocycles. The van der Waals surface area contributed by atoms with Gasteiger partial charge in [-0.05, 0) is 43.5 Å². The molecule has 0 aromatic heterocycles. The maximum absolute atomic E-state index is 12.9. The Bertz CT molecular complexity index is 819. The lowest BCUT2D eigenvalue weighted by molar-refractivity contribution is -0.141. The van der Waals surface area contributed by atoms with E-state index in [9.17, 15) is 9.59 Å². The molecule has 2 atom stereocenters. The number of ether oxygens (including phenoxy) is 1. The second-order valence-electron chi connectivity index (χ2n) is 6.01. The van der Waals surface area contributed by atoms with Crippen molar-refractivity contribution in [1.82, 2.24) is 0 Å². The molecule has 4 nitrogen and oxygen atoms in total. The van der Waals surface area contributed by atoms with E-state index in [0.29, 0.717) is 41.2 Å². The molecule has 0 aliphatic heterocycles. The van der Waals surface area contributed by atoms with Gasteiger partial charge in [-0.15, -0.1) is 0 Å². The van der Waals surface area contributed by atoms with Gasteiger partial charge in [-0.1, -0.05) is 41.4 Å². The average Bonchev–Trinajstić information content (AvgIpc) is 3.06. The summed E-state index contributed by atoms with van der Waals surface area (Å²) in [6.07, 6.45) is 1.45. The number of para-hydroxylation sites is 1. The van der Waals surface area contributed by atoms with Gasteiger partial charge in [-0.3, -0.25) is 9.59 Å². The first-order chi connectivity index (χ1) is 12.0. The first kappa shape index (κ1) is 17.8. The van der Waals surface area contributed by atoms with Crippen molar-refractivity contribution in [2.24, 2.45) is 5.92 Å². The van der Waals surface area contributed by atoms with Crippen LogP contribution >= 0.6 is 23.2 Å². The molecule has 0 heterocycles. The molecule has 25 heavy (non-hydrogen) atoms. The highest BCUT2D eigenvalue weighted by atomic mass is 35.5. The van der Waals surface area contributed by atoms with Crippen molar-refractivity contribution >= 4 is 35.0 Å². The molecule has 1 N–H and O–H groups in total. The first-order valence-electron chi connectivity index (χ1n) is 7.94. The number of carbonyl (C=O) groups excluding carboxylic acids is 1. The van der Waals surface area contributed by atoms with Gasteiger partial charge >= 0.3 is 5.97 Å². The van der Waals surface area contributed by atoms with Gasteiger partial charge in [0.1, 0.15) is 5.75 Å². The summed E-state index contributed by atoms with van der Waals surface area (Å²) in [5.41, 5.74) is 0.686. The largest absolute Gasteiger partial charge is 0.490 e. The SMILES string of the molecule is O=C(c1ccccc1O[C@@H]1CC[C@@H](C(=O)O)C1)c1cccc(Cl)c1Cl. The Hall–Kier alpha value is -2.04. The van der Waals surface area contributed by atoms with E-state index in [1.54, 1.807) is 42.5 Å². The molecule has 0 saturated heterocycles. The number of hydrogen-bond donors (Lipinski definition) is 1. The molecule has 1 aliphatic rings. The quantitative estimate of drug-likeness (QED) is 0.754. The summed E-state index contributed by atoms with van der Waals surface area (Å²) in [6, 6.07) is 11.8. The van der Waals surface area contributed by atoms with Crippen LogP contribution in [-0.2, 0) is 4.79 Å². The zero-order valence-corrected chi connectivity index (χ0v) is 14.8. The predicted octanol–water partition coefficient (Wildman–Crippen LogP) is 4.86. The van der Waals surface area contributed by atoms with Crippen molar-refractivity contribution in [3.63, 3.8) is 0 Å². The van der Waals surface area contributed by atoms with E-state index < -0.39 is 11.9 Å². The summed E-state index contributed by atoms with van der Waals surface area (Å²) < 4.78 is 5.94. The second-order valence-corrected chi connectivity index (χ2v) is 6.80. The third kappa shape index (κ3) is 3.80. The van der Waals surface area contributed by atoms with Gasteiger partial charge in [-0.25, -0.2) is 0 Å². The normalized spacial score (nSPS) is 19.6. The standard InChI is InChI=1S/C19H16Cl2O4/c20-15-6-3-5-14(17(15)21)18(22)13-4-1-2-7-16(13)25-12-9-8-11(10-12)19(23)24/h1-7,11-12H,8-10H2,(H,23,24)/t11-,12-/m1/s1. The van der Waals surface area contributed by atoms with Gasteiger partial charge in [-0.2, -0.15) is 0 Å². The first-order valence-corrected chi connectivity index (χ1v) is 8.70. The van der Waals surface area contributed by atoms with E-state index in [2.05, 4.69) is 0 Å². The molecule has 0 radical (unpaired) electrons. The number of carboxylic acid groups (broad SMARTS) is 1. The Labute approximate surface area is 155 Å². The zero-order valence-electron chi connectivity index (χ0n) is 13.2. The van der Waals surface area contributed by atoms with Crippen molar-refractivity contribution in [3.8, 4) is 5.75 Å². The van der Waals surface area contributed by atoms with Crippen molar-refractivity contribution in [3.05, 3.63) is 63.6 Å². The van der Waals surface area contributed by atoms with E-state index in [4.69, 9.17) is 33.0 Å². The molecule has 1 saturated carbocycles. The van der Waals surface area contributed by atoms with E-state index in [1.165, 1.54) is 0 Å². The highest BCUT2D eigenvalue weighted by molar-refractivity contribution is 6.44. The molecule has 3 rings (SSSR count). The molecular formula is C19H16Cl2O4. The molecule has 130 valence electrons. The van der Waals surface area contributed by atoms with E-state index >= 15 is 0 Å². The Morgan fingerprint density at radius 2 is 1.72 bits per heavy atom. The molecule has 6 heteroatoms. The molecular weight excluding hydrogens is 363 g/mol. The molecule has 2 aromatic rings. The van der Waals surface area contributed by atoms with Crippen LogP contribution < -0.4 is 4.74 Å². The second kappa shape index (κ2) is 7.46. The highest BCUT2D eigenvalue weighted by Gasteiger charge is 2.31. The number of halogens is 2. The number of hydrogen-bond acceptors (Lipinski definition) is 3. The summed E-state index contributed by atoms with van der Waals surface area (Å²) >= 11 is 12.2. The van der Waals surface area contributed by atoms with Gasteiger partial charge in [0.2, 0.25) is 0 Å². The van der Waals surface area contributed by atoms with Gasteiger partial charge in [0, 0.05) is 5.56 Å². The average molecular weight is 379 g/mol. The molecule has 0 amide bonds. The van der Waals surface area contributed by atoms with Crippen LogP contribution in [0.5, 0.6) is 5.75 Å². The van der Waals surface area contributed by atoms with Crippen LogP contribution in [0, 0.1) is 5.92 Å². The van der Waals surface area contributed by atoms with Crippen LogP contribution in [0.2, 0.25) is 10.0 Å². The topological polar surface area (TPSA) is 63.6 Å². The number of aliphatic carboxylic acids is 1. The lowest BCUT2D eigenvalue weighted by atomic mass is 10.0. The van der Waals surface area contributed by atoms with Crippen LogP contribution in [0.25, 0.3) is 0 Å².